The lowest BCUT2D eigenvalue weighted by molar-refractivity contribution is -0.394. The number of anilines is 2. The molecule has 0 bridgehead atoms. The molecule has 12 nitrogen and oxygen atoms in total. The number of carbonyl (C=O) groups is 1. The Hall–Kier alpha value is -3.83. The molecule has 0 atom stereocenters. The van der Waals surface area contributed by atoms with E-state index >= 15 is 0 Å². The fourth-order valence-electron chi connectivity index (χ4n) is 4.18. The van der Waals surface area contributed by atoms with E-state index in [-0.39, 0.29) is 5.56 Å². The van der Waals surface area contributed by atoms with Gasteiger partial charge >= 0.3 is 0 Å². The van der Waals surface area contributed by atoms with Gasteiger partial charge in [-0.3, -0.25) is 25.0 Å². The maximum absolute atomic E-state index is 12.9. The molecule has 2 saturated heterocycles. The van der Waals surface area contributed by atoms with E-state index in [0.717, 1.165) is 55.6 Å². The van der Waals surface area contributed by atoms with Crippen molar-refractivity contribution in [2.75, 3.05) is 49.1 Å². The number of nitrogens with zero attached hydrogens (tertiary/aromatic N) is 7. The Bertz CT molecular complexity index is 1050. The zero-order chi connectivity index (χ0) is 23.5. The van der Waals surface area contributed by atoms with Gasteiger partial charge in [-0.15, -0.1) is 0 Å². The van der Waals surface area contributed by atoms with Crippen molar-refractivity contribution in [1.82, 2.24) is 14.9 Å². The number of carbonyl (C=O) groups excluding carboxylic acids is 1. The second-order valence-corrected chi connectivity index (χ2v) is 8.25. The molecule has 0 radical (unpaired) electrons. The average Bonchev–Trinajstić information content (AvgIpc) is 2.83. The summed E-state index contributed by atoms with van der Waals surface area (Å²) in [4.78, 5) is 48.9. The predicted molar refractivity (Wildman–Crippen MR) is 121 cm³/mol. The molecule has 174 valence electrons. The van der Waals surface area contributed by atoms with Crippen LogP contribution >= 0.6 is 0 Å². The number of hydrogen-bond acceptors (Lipinski definition) is 9. The summed E-state index contributed by atoms with van der Waals surface area (Å²) in [6.45, 7) is 5.59. The predicted octanol–water partition coefficient (Wildman–Crippen LogP) is 2.55. The maximum Gasteiger partial charge on any atom is 0.277 e. The van der Waals surface area contributed by atoms with Crippen LogP contribution in [0, 0.1) is 27.2 Å². The van der Waals surface area contributed by atoms with Crippen molar-refractivity contribution < 1.29 is 14.6 Å². The van der Waals surface area contributed by atoms with E-state index in [1.54, 1.807) is 4.90 Å². The van der Waals surface area contributed by atoms with Crippen LogP contribution in [0.3, 0.4) is 0 Å². The summed E-state index contributed by atoms with van der Waals surface area (Å²) in [6, 6.07) is 5.00. The van der Waals surface area contributed by atoms with Crippen LogP contribution in [-0.2, 0) is 0 Å². The quantitative estimate of drug-likeness (QED) is 0.491. The number of hydrogen-bond donors (Lipinski definition) is 0. The summed E-state index contributed by atoms with van der Waals surface area (Å²) in [7, 11) is 0. The molecular weight excluding hydrogens is 430 g/mol. The van der Waals surface area contributed by atoms with Crippen LogP contribution in [0.1, 0.15) is 35.3 Å². The van der Waals surface area contributed by atoms with Gasteiger partial charge in [0.15, 0.2) is 0 Å². The molecule has 33 heavy (non-hydrogen) atoms. The highest BCUT2D eigenvalue weighted by Gasteiger charge is 2.27. The Kier molecular flexibility index (Phi) is 6.33. The monoisotopic (exact) mass is 455 g/mol. The lowest BCUT2D eigenvalue weighted by atomic mass is 10.1. The van der Waals surface area contributed by atoms with Gasteiger partial charge in [0.05, 0.1) is 21.5 Å². The summed E-state index contributed by atoms with van der Waals surface area (Å²) in [5, 5.41) is 22.3. The number of benzene rings is 1. The molecule has 2 aromatic rings. The van der Waals surface area contributed by atoms with Crippen molar-refractivity contribution in [2.24, 2.45) is 0 Å². The van der Waals surface area contributed by atoms with E-state index in [4.69, 9.17) is 4.98 Å². The van der Waals surface area contributed by atoms with Crippen LogP contribution in [0.4, 0.5) is 23.1 Å². The number of amides is 1. The first-order chi connectivity index (χ1) is 15.8. The van der Waals surface area contributed by atoms with E-state index in [1.165, 1.54) is 6.42 Å². The van der Waals surface area contributed by atoms with Gasteiger partial charge in [-0.05, 0) is 26.2 Å². The Balaban J connectivity index is 1.47. The molecule has 0 aliphatic carbocycles. The van der Waals surface area contributed by atoms with Crippen molar-refractivity contribution in [3.05, 3.63) is 55.8 Å². The van der Waals surface area contributed by atoms with E-state index in [2.05, 4.69) is 9.88 Å². The van der Waals surface area contributed by atoms with Crippen LogP contribution in [0.5, 0.6) is 0 Å². The summed E-state index contributed by atoms with van der Waals surface area (Å²) in [5.41, 5.74) is -0.152. The number of aryl methyl sites for hydroxylation is 1. The molecule has 0 saturated carbocycles. The van der Waals surface area contributed by atoms with Crippen molar-refractivity contribution in [3.8, 4) is 0 Å². The highest BCUT2D eigenvalue weighted by Crippen LogP contribution is 2.25. The molecule has 0 spiro atoms. The Labute approximate surface area is 190 Å². The molecule has 1 aromatic heterocycles. The van der Waals surface area contributed by atoms with Crippen LogP contribution in [-0.4, -0.2) is 69.9 Å². The molecular formula is C21H25N7O5. The summed E-state index contributed by atoms with van der Waals surface area (Å²) in [5.74, 6) is 1.06. The first-order valence-corrected chi connectivity index (χ1v) is 10.9. The molecule has 3 heterocycles. The van der Waals surface area contributed by atoms with E-state index in [0.29, 0.717) is 32.1 Å². The zero-order valence-electron chi connectivity index (χ0n) is 18.3. The SMILES string of the molecule is Cc1cc(N2CCCCC2)nc(N2CCN(C(=O)c3cc([N+](=O)[O-])cc([N+](=O)[O-])c3)CC2)n1. The fraction of sp³-hybridized carbons (Fsp3) is 0.476. The summed E-state index contributed by atoms with van der Waals surface area (Å²) in [6.07, 6.45) is 3.53. The Morgan fingerprint density at radius 1 is 0.818 bits per heavy atom. The summed E-state index contributed by atoms with van der Waals surface area (Å²) >= 11 is 0. The van der Waals surface area contributed by atoms with E-state index < -0.39 is 27.1 Å². The van der Waals surface area contributed by atoms with Crippen molar-refractivity contribution in [1.29, 1.82) is 0 Å². The minimum absolute atomic E-state index is 0.0662. The molecule has 2 aliphatic heterocycles. The topological polar surface area (TPSA) is 139 Å². The fourth-order valence-corrected chi connectivity index (χ4v) is 4.18. The van der Waals surface area contributed by atoms with Gasteiger partial charge in [0.25, 0.3) is 17.3 Å². The number of non-ortho nitro benzene ring substituents is 2. The first kappa shape index (κ1) is 22.4. The second-order valence-electron chi connectivity index (χ2n) is 8.25. The third-order valence-electron chi connectivity index (χ3n) is 5.93. The van der Waals surface area contributed by atoms with Gasteiger partial charge < -0.3 is 14.7 Å². The number of piperidine rings is 1. The Morgan fingerprint density at radius 3 is 2.00 bits per heavy atom. The molecule has 4 rings (SSSR count). The second kappa shape index (κ2) is 9.35. The van der Waals surface area contributed by atoms with E-state index in [9.17, 15) is 25.0 Å². The largest absolute Gasteiger partial charge is 0.356 e. The number of rotatable bonds is 5. The minimum Gasteiger partial charge on any atom is -0.356 e. The third kappa shape index (κ3) is 4.99. The molecule has 2 aliphatic rings. The lowest BCUT2D eigenvalue weighted by Gasteiger charge is -2.35. The van der Waals surface area contributed by atoms with Gasteiger partial charge in [-0.25, -0.2) is 4.98 Å². The van der Waals surface area contributed by atoms with Gasteiger partial charge in [-0.1, -0.05) is 0 Å². The van der Waals surface area contributed by atoms with Gasteiger partial charge in [0, 0.05) is 63.2 Å². The lowest BCUT2D eigenvalue weighted by Crippen LogP contribution is -2.49. The molecule has 1 aromatic carbocycles. The molecule has 0 unspecified atom stereocenters. The highest BCUT2D eigenvalue weighted by atomic mass is 16.6. The number of nitro groups is 2. The zero-order valence-corrected chi connectivity index (χ0v) is 18.3. The van der Waals surface area contributed by atoms with Crippen molar-refractivity contribution in [3.63, 3.8) is 0 Å². The number of piperazine rings is 1. The Morgan fingerprint density at radius 2 is 1.42 bits per heavy atom. The van der Waals surface area contributed by atoms with E-state index in [1.807, 2.05) is 17.9 Å². The van der Waals surface area contributed by atoms with Gasteiger partial charge in [0.2, 0.25) is 5.95 Å². The van der Waals surface area contributed by atoms with Gasteiger partial charge in [-0.2, -0.15) is 4.98 Å². The van der Waals surface area contributed by atoms with Crippen molar-refractivity contribution >= 4 is 29.0 Å². The average molecular weight is 455 g/mol. The third-order valence-corrected chi connectivity index (χ3v) is 5.93. The summed E-state index contributed by atoms with van der Waals surface area (Å²) < 4.78 is 0. The first-order valence-electron chi connectivity index (χ1n) is 10.9. The van der Waals surface area contributed by atoms with Crippen molar-refractivity contribution in [2.45, 2.75) is 26.2 Å². The standard InChI is InChI=1S/C21H25N7O5/c1-15-11-19(24-5-3-2-4-6-24)23-21(22-15)26-9-7-25(8-10-26)20(29)16-12-17(27(30)31)14-18(13-16)28(32)33/h11-14H,2-10H2,1H3. The maximum atomic E-state index is 12.9. The number of nitro benzene ring substituents is 2. The van der Waals surface area contributed by atoms with Crippen LogP contribution in [0.15, 0.2) is 24.3 Å². The van der Waals surface area contributed by atoms with Gasteiger partial charge in [0.1, 0.15) is 5.82 Å². The molecule has 1 amide bonds. The highest BCUT2D eigenvalue weighted by molar-refractivity contribution is 5.95. The molecule has 0 N–H and O–H groups in total. The number of aromatic nitrogens is 2. The normalized spacial score (nSPS) is 16.6. The minimum atomic E-state index is -0.739. The van der Waals surface area contributed by atoms with Crippen LogP contribution < -0.4 is 9.80 Å². The van der Waals surface area contributed by atoms with Crippen LogP contribution in [0.25, 0.3) is 0 Å². The molecule has 12 heteroatoms. The smallest absolute Gasteiger partial charge is 0.277 e. The van der Waals surface area contributed by atoms with Crippen LogP contribution in [0.2, 0.25) is 0 Å². The molecule has 2 fully saturated rings.